The second kappa shape index (κ2) is 4.65. The van der Waals surface area contributed by atoms with Crippen molar-refractivity contribution in [2.75, 3.05) is 7.05 Å². The highest BCUT2D eigenvalue weighted by atomic mass is 79.9. The zero-order chi connectivity index (χ0) is 12.6. The van der Waals surface area contributed by atoms with Crippen molar-refractivity contribution in [1.29, 1.82) is 0 Å². The van der Waals surface area contributed by atoms with Crippen molar-refractivity contribution in [3.63, 3.8) is 0 Å². The van der Waals surface area contributed by atoms with E-state index in [2.05, 4.69) is 26.3 Å². The zero-order valence-electron chi connectivity index (χ0n) is 9.88. The summed E-state index contributed by atoms with van der Waals surface area (Å²) >= 11 is 3.42. The van der Waals surface area contributed by atoms with Gasteiger partial charge in [0.15, 0.2) is 0 Å². The molecule has 0 amide bonds. The third-order valence-electron chi connectivity index (χ3n) is 3.46. The number of nitrogens with zero attached hydrogens (tertiary/aromatic N) is 2. The highest BCUT2D eigenvalue weighted by Gasteiger charge is 2.43. The van der Waals surface area contributed by atoms with Crippen molar-refractivity contribution in [2.24, 2.45) is 13.0 Å². The third-order valence-corrected chi connectivity index (χ3v) is 4.07. The molecule has 1 heterocycles. The molecule has 1 aromatic rings. The Morgan fingerprint density at radius 2 is 2.35 bits per heavy atom. The second-order valence-corrected chi connectivity index (χ2v) is 5.48. The van der Waals surface area contributed by atoms with Crippen LogP contribution in [0.5, 0.6) is 0 Å². The van der Waals surface area contributed by atoms with E-state index in [1.54, 1.807) is 17.9 Å². The predicted molar refractivity (Wildman–Crippen MR) is 65.0 cm³/mol. The number of hydrogen-bond acceptors (Lipinski definition) is 2. The number of halogens is 3. The largest absolute Gasteiger partial charge is 0.311 e. The fourth-order valence-corrected chi connectivity index (χ4v) is 3.23. The number of hydrogen-bond donors (Lipinski definition) is 1. The molecule has 2 rings (SSSR count). The molecule has 1 fully saturated rings. The van der Waals surface area contributed by atoms with E-state index in [4.69, 9.17) is 0 Å². The molecule has 1 N–H and O–H groups in total. The van der Waals surface area contributed by atoms with Gasteiger partial charge in [0.1, 0.15) is 0 Å². The standard InChI is InChI=1S/C11H16BrF2N3/c1-15-9(7-3-4-11(13,14)5-7)10-8(12)6-16-17(10)2/h6-7,9,15H,3-5H2,1-2H3. The van der Waals surface area contributed by atoms with E-state index in [1.807, 2.05) is 7.05 Å². The molecule has 1 aliphatic rings. The SMILES string of the molecule is CNC(c1c(Br)cnn1C)C1CCC(F)(F)C1. The summed E-state index contributed by atoms with van der Waals surface area (Å²) in [5, 5.41) is 7.28. The first-order valence-corrected chi connectivity index (χ1v) is 6.46. The van der Waals surface area contributed by atoms with Crippen molar-refractivity contribution in [2.45, 2.75) is 31.2 Å². The first-order valence-electron chi connectivity index (χ1n) is 5.67. The molecule has 1 aliphatic carbocycles. The monoisotopic (exact) mass is 307 g/mol. The number of aryl methyl sites for hydroxylation is 1. The van der Waals surface area contributed by atoms with Gasteiger partial charge in [-0.1, -0.05) is 0 Å². The fourth-order valence-electron chi connectivity index (χ4n) is 2.63. The lowest BCUT2D eigenvalue weighted by atomic mass is 9.95. The van der Waals surface area contributed by atoms with Gasteiger partial charge < -0.3 is 5.32 Å². The van der Waals surface area contributed by atoms with Crippen LogP contribution < -0.4 is 5.32 Å². The lowest BCUT2D eigenvalue weighted by molar-refractivity contribution is 0.00325. The Morgan fingerprint density at radius 3 is 2.76 bits per heavy atom. The Hall–Kier alpha value is -0.490. The van der Waals surface area contributed by atoms with Crippen molar-refractivity contribution < 1.29 is 8.78 Å². The quantitative estimate of drug-likeness (QED) is 0.930. The van der Waals surface area contributed by atoms with E-state index in [9.17, 15) is 8.78 Å². The lowest BCUT2D eigenvalue weighted by Crippen LogP contribution is -2.27. The first-order chi connectivity index (χ1) is 7.94. The molecule has 0 spiro atoms. The molecule has 0 aromatic carbocycles. The van der Waals surface area contributed by atoms with Gasteiger partial charge in [-0.2, -0.15) is 5.10 Å². The molecule has 17 heavy (non-hydrogen) atoms. The zero-order valence-corrected chi connectivity index (χ0v) is 11.5. The summed E-state index contributed by atoms with van der Waals surface area (Å²) in [6, 6.07) is -0.0785. The van der Waals surface area contributed by atoms with Gasteiger partial charge in [-0.3, -0.25) is 4.68 Å². The van der Waals surface area contributed by atoms with Crippen molar-refractivity contribution in [3.05, 3.63) is 16.4 Å². The summed E-state index contributed by atoms with van der Waals surface area (Å²) < 4.78 is 29.2. The topological polar surface area (TPSA) is 29.9 Å². The molecule has 0 saturated heterocycles. The van der Waals surface area contributed by atoms with Crippen LogP contribution in [0.4, 0.5) is 8.78 Å². The number of alkyl halides is 2. The van der Waals surface area contributed by atoms with Crippen molar-refractivity contribution in [3.8, 4) is 0 Å². The summed E-state index contributed by atoms with van der Waals surface area (Å²) in [6.45, 7) is 0. The van der Waals surface area contributed by atoms with Gasteiger partial charge in [0.2, 0.25) is 5.92 Å². The molecular weight excluding hydrogens is 292 g/mol. The van der Waals surface area contributed by atoms with E-state index >= 15 is 0 Å². The molecule has 3 nitrogen and oxygen atoms in total. The van der Waals surface area contributed by atoms with Crippen LogP contribution in [0.25, 0.3) is 0 Å². The van der Waals surface area contributed by atoms with Crippen LogP contribution in [-0.4, -0.2) is 22.8 Å². The van der Waals surface area contributed by atoms with Crippen LogP contribution in [0, 0.1) is 5.92 Å². The third kappa shape index (κ3) is 2.52. The smallest absolute Gasteiger partial charge is 0.248 e. The van der Waals surface area contributed by atoms with Crippen LogP contribution >= 0.6 is 15.9 Å². The molecule has 0 radical (unpaired) electrons. The maximum atomic E-state index is 13.3. The number of aromatic nitrogens is 2. The van der Waals surface area contributed by atoms with Gasteiger partial charge in [-0.15, -0.1) is 0 Å². The van der Waals surface area contributed by atoms with E-state index in [0.717, 1.165) is 10.2 Å². The average Bonchev–Trinajstić information content (AvgIpc) is 2.76. The molecule has 1 aromatic heterocycles. The van der Waals surface area contributed by atoms with E-state index in [-0.39, 0.29) is 24.8 Å². The van der Waals surface area contributed by atoms with Crippen molar-refractivity contribution >= 4 is 15.9 Å². The average molecular weight is 308 g/mol. The Kier molecular flexibility index (Phi) is 3.54. The minimum absolute atomic E-state index is 0.00861. The van der Waals surface area contributed by atoms with Crippen LogP contribution in [0.1, 0.15) is 31.0 Å². The van der Waals surface area contributed by atoms with E-state index in [1.165, 1.54) is 0 Å². The Bertz CT molecular complexity index is 386. The van der Waals surface area contributed by atoms with Crippen LogP contribution in [0.3, 0.4) is 0 Å². The molecule has 0 aliphatic heterocycles. The summed E-state index contributed by atoms with van der Waals surface area (Å²) in [4.78, 5) is 0. The Balaban J connectivity index is 2.23. The highest BCUT2D eigenvalue weighted by Crippen LogP contribution is 2.45. The lowest BCUT2D eigenvalue weighted by Gasteiger charge is -2.23. The van der Waals surface area contributed by atoms with Gasteiger partial charge >= 0.3 is 0 Å². The first kappa shape index (κ1) is 13.0. The highest BCUT2D eigenvalue weighted by molar-refractivity contribution is 9.10. The van der Waals surface area contributed by atoms with Crippen LogP contribution in [-0.2, 0) is 7.05 Å². The maximum Gasteiger partial charge on any atom is 0.248 e. The second-order valence-electron chi connectivity index (χ2n) is 4.63. The molecule has 2 unspecified atom stereocenters. The Morgan fingerprint density at radius 1 is 1.65 bits per heavy atom. The van der Waals surface area contributed by atoms with Gasteiger partial charge in [-0.05, 0) is 35.3 Å². The normalized spacial score (nSPS) is 25.1. The number of nitrogens with one attached hydrogen (secondary N) is 1. The predicted octanol–water partition coefficient (Wildman–Crippen LogP) is 2.88. The van der Waals surface area contributed by atoms with Gasteiger partial charge in [0.05, 0.1) is 22.4 Å². The molecular formula is C11H16BrF2N3. The summed E-state index contributed by atoms with van der Waals surface area (Å²) in [7, 11) is 3.64. The maximum absolute atomic E-state index is 13.3. The van der Waals surface area contributed by atoms with E-state index < -0.39 is 5.92 Å². The molecule has 2 atom stereocenters. The fraction of sp³-hybridized carbons (Fsp3) is 0.727. The van der Waals surface area contributed by atoms with Crippen LogP contribution in [0.2, 0.25) is 0 Å². The van der Waals surface area contributed by atoms with Gasteiger partial charge in [0.25, 0.3) is 0 Å². The van der Waals surface area contributed by atoms with Crippen LogP contribution in [0.15, 0.2) is 10.7 Å². The number of rotatable bonds is 3. The molecule has 6 heteroatoms. The van der Waals surface area contributed by atoms with E-state index in [0.29, 0.717) is 6.42 Å². The van der Waals surface area contributed by atoms with Gasteiger partial charge in [0, 0.05) is 19.9 Å². The molecule has 1 saturated carbocycles. The summed E-state index contributed by atoms with van der Waals surface area (Å²) in [5.41, 5.74) is 0.940. The minimum atomic E-state index is -2.51. The summed E-state index contributed by atoms with van der Waals surface area (Å²) in [5.74, 6) is -2.55. The Labute approximate surface area is 108 Å². The molecule has 96 valence electrons. The minimum Gasteiger partial charge on any atom is -0.311 e. The van der Waals surface area contributed by atoms with Gasteiger partial charge in [-0.25, -0.2) is 8.78 Å². The molecule has 0 bridgehead atoms. The summed E-state index contributed by atoms with van der Waals surface area (Å²) in [6.07, 6.45) is 2.20. The van der Waals surface area contributed by atoms with Crippen molar-refractivity contribution in [1.82, 2.24) is 15.1 Å².